The van der Waals surface area contributed by atoms with E-state index >= 15 is 0 Å². The number of nitrogens with zero attached hydrogens (tertiary/aromatic N) is 4. The van der Waals surface area contributed by atoms with E-state index < -0.39 is 12.0 Å². The van der Waals surface area contributed by atoms with Crippen LogP contribution in [0, 0.1) is 11.3 Å². The fourth-order valence-electron chi connectivity index (χ4n) is 2.63. The molecule has 0 saturated carbocycles. The molecule has 0 fully saturated rings. The summed E-state index contributed by atoms with van der Waals surface area (Å²) in [6.07, 6.45) is 0.988. The zero-order chi connectivity index (χ0) is 20.8. The molecule has 0 aliphatic heterocycles. The lowest BCUT2D eigenvalue weighted by Crippen LogP contribution is -2.36. The summed E-state index contributed by atoms with van der Waals surface area (Å²) in [4.78, 5) is 34.5. The molecule has 0 spiro atoms. The average Bonchev–Trinajstić information content (AvgIpc) is 3.07. The zero-order valence-electron chi connectivity index (χ0n) is 15.2. The fraction of sp³-hybridized carbons (Fsp3) is 0.211. The number of pyridine rings is 1. The molecule has 2 N–H and O–H groups in total. The monoisotopic (exact) mass is 427 g/mol. The predicted molar refractivity (Wildman–Crippen MR) is 114 cm³/mol. The molecule has 0 aliphatic rings. The van der Waals surface area contributed by atoms with Gasteiger partial charge in [0.1, 0.15) is 20.5 Å². The molecule has 0 atom stereocenters. The number of carbonyl (C=O) groups is 2. The SMILES string of the molecule is N#Cc1ccc(NC(=O)N(CCCCC(=O)O)c2ccc3nc(S)sc3n2)cc1. The van der Waals surface area contributed by atoms with Crippen LogP contribution < -0.4 is 10.2 Å². The maximum Gasteiger partial charge on any atom is 0.327 e. The first-order valence-electron chi connectivity index (χ1n) is 8.73. The van der Waals surface area contributed by atoms with E-state index in [1.165, 1.54) is 16.2 Å². The molecule has 3 rings (SSSR count). The molecule has 29 heavy (non-hydrogen) atoms. The average molecular weight is 428 g/mol. The molecular formula is C19H17N5O3S2. The van der Waals surface area contributed by atoms with Crippen molar-refractivity contribution in [3.05, 3.63) is 42.0 Å². The van der Waals surface area contributed by atoms with Crippen LogP contribution in [-0.4, -0.2) is 33.6 Å². The maximum atomic E-state index is 12.9. The molecule has 0 bridgehead atoms. The number of urea groups is 1. The van der Waals surface area contributed by atoms with Crippen molar-refractivity contribution in [1.29, 1.82) is 5.26 Å². The van der Waals surface area contributed by atoms with Gasteiger partial charge in [0, 0.05) is 18.7 Å². The summed E-state index contributed by atoms with van der Waals surface area (Å²) in [5, 5.41) is 20.5. The van der Waals surface area contributed by atoms with Crippen molar-refractivity contribution in [2.24, 2.45) is 0 Å². The lowest BCUT2D eigenvalue weighted by Gasteiger charge is -2.22. The van der Waals surface area contributed by atoms with Crippen molar-refractivity contribution in [3.8, 4) is 6.07 Å². The number of carboxylic acids is 1. The number of hydrogen-bond acceptors (Lipinski definition) is 7. The molecule has 8 nitrogen and oxygen atoms in total. The smallest absolute Gasteiger partial charge is 0.327 e. The molecule has 2 heterocycles. The number of unbranched alkanes of at least 4 members (excludes halogenated alkanes) is 1. The van der Waals surface area contributed by atoms with E-state index in [1.807, 2.05) is 6.07 Å². The highest BCUT2D eigenvalue weighted by molar-refractivity contribution is 7.82. The van der Waals surface area contributed by atoms with E-state index in [9.17, 15) is 9.59 Å². The lowest BCUT2D eigenvalue weighted by atomic mass is 10.2. The number of carboxylic acid groups (broad SMARTS) is 1. The number of thiazole rings is 1. The Hall–Kier alpha value is -3.16. The second-order valence-corrected chi connectivity index (χ2v) is 7.82. The number of aliphatic carboxylic acids is 1. The van der Waals surface area contributed by atoms with E-state index in [2.05, 4.69) is 27.9 Å². The van der Waals surface area contributed by atoms with E-state index in [0.717, 1.165) is 0 Å². The van der Waals surface area contributed by atoms with Crippen molar-refractivity contribution < 1.29 is 14.7 Å². The van der Waals surface area contributed by atoms with Crippen LogP contribution >= 0.6 is 24.0 Å². The van der Waals surface area contributed by atoms with Crippen LogP contribution in [0.2, 0.25) is 0 Å². The minimum atomic E-state index is -0.871. The highest BCUT2D eigenvalue weighted by Crippen LogP contribution is 2.26. The van der Waals surface area contributed by atoms with Gasteiger partial charge in [-0.3, -0.25) is 9.69 Å². The van der Waals surface area contributed by atoms with Crippen LogP contribution in [0.5, 0.6) is 0 Å². The summed E-state index contributed by atoms with van der Waals surface area (Å²) in [5.41, 5.74) is 1.73. The highest BCUT2D eigenvalue weighted by atomic mass is 32.2. The number of aromatic nitrogens is 2. The number of carbonyl (C=O) groups excluding carboxylic acids is 1. The molecular weight excluding hydrogens is 410 g/mol. The van der Waals surface area contributed by atoms with Crippen molar-refractivity contribution in [1.82, 2.24) is 9.97 Å². The first-order valence-corrected chi connectivity index (χ1v) is 9.99. The second kappa shape index (κ2) is 9.36. The van der Waals surface area contributed by atoms with Gasteiger partial charge < -0.3 is 10.4 Å². The minimum Gasteiger partial charge on any atom is -0.481 e. The number of benzene rings is 1. The van der Waals surface area contributed by atoms with Crippen molar-refractivity contribution in [2.75, 3.05) is 16.8 Å². The summed E-state index contributed by atoms with van der Waals surface area (Å²) in [6.45, 7) is 0.306. The zero-order valence-corrected chi connectivity index (χ0v) is 16.9. The number of amides is 2. The van der Waals surface area contributed by atoms with Gasteiger partial charge >= 0.3 is 12.0 Å². The topological polar surface area (TPSA) is 119 Å². The van der Waals surface area contributed by atoms with Crippen LogP contribution in [0.3, 0.4) is 0 Å². The maximum absolute atomic E-state index is 12.9. The van der Waals surface area contributed by atoms with Gasteiger partial charge in [-0.25, -0.2) is 14.8 Å². The van der Waals surface area contributed by atoms with Gasteiger partial charge in [-0.1, -0.05) is 11.3 Å². The third-order valence-corrected chi connectivity index (χ3v) is 5.18. The summed E-state index contributed by atoms with van der Waals surface area (Å²) in [6, 6.07) is 11.6. The Morgan fingerprint density at radius 2 is 1.93 bits per heavy atom. The Morgan fingerprint density at radius 1 is 1.17 bits per heavy atom. The van der Waals surface area contributed by atoms with Crippen LogP contribution in [0.15, 0.2) is 40.7 Å². The van der Waals surface area contributed by atoms with Crippen molar-refractivity contribution >= 4 is 57.8 Å². The fourth-order valence-corrected chi connectivity index (χ4v) is 3.67. The van der Waals surface area contributed by atoms with Crippen LogP contribution in [0.1, 0.15) is 24.8 Å². The molecule has 2 aromatic heterocycles. The Balaban J connectivity index is 1.80. The van der Waals surface area contributed by atoms with Gasteiger partial charge in [-0.15, -0.1) is 12.6 Å². The lowest BCUT2D eigenvalue weighted by molar-refractivity contribution is -0.137. The van der Waals surface area contributed by atoms with Crippen LogP contribution in [0.25, 0.3) is 10.3 Å². The van der Waals surface area contributed by atoms with Crippen LogP contribution in [-0.2, 0) is 4.79 Å². The summed E-state index contributed by atoms with van der Waals surface area (Å²) in [7, 11) is 0. The van der Waals surface area contributed by atoms with Gasteiger partial charge in [0.25, 0.3) is 0 Å². The Bertz CT molecular complexity index is 1080. The quantitative estimate of drug-likeness (QED) is 0.385. The molecule has 148 valence electrons. The van der Waals surface area contributed by atoms with E-state index in [-0.39, 0.29) is 6.42 Å². The van der Waals surface area contributed by atoms with E-state index in [0.29, 0.717) is 51.1 Å². The Kier molecular flexibility index (Phi) is 6.64. The standard InChI is InChI=1S/C19H17N5O3S2/c20-11-12-4-6-13(7-5-12)21-18(27)24(10-2-1-3-16(25)26)15-9-8-14-17(23-15)29-19(28)22-14/h4-9H,1-3,10H2,(H,21,27)(H,22,28)(H,25,26). The third-order valence-electron chi connectivity index (χ3n) is 4.04. The minimum absolute atomic E-state index is 0.0371. The van der Waals surface area contributed by atoms with E-state index in [4.69, 9.17) is 10.4 Å². The number of anilines is 2. The predicted octanol–water partition coefficient (Wildman–Crippen LogP) is 4.15. The normalized spacial score (nSPS) is 10.5. The van der Waals surface area contributed by atoms with Gasteiger partial charge in [0.15, 0.2) is 0 Å². The van der Waals surface area contributed by atoms with Crippen molar-refractivity contribution in [3.63, 3.8) is 0 Å². The third kappa shape index (κ3) is 5.43. The number of thiol groups is 1. The molecule has 0 radical (unpaired) electrons. The number of rotatable bonds is 7. The number of nitriles is 1. The van der Waals surface area contributed by atoms with Crippen LogP contribution in [0.4, 0.5) is 16.3 Å². The first kappa shape index (κ1) is 20.6. The molecule has 0 aliphatic carbocycles. The molecule has 10 heteroatoms. The molecule has 1 aromatic carbocycles. The van der Waals surface area contributed by atoms with Gasteiger partial charge in [0.2, 0.25) is 0 Å². The summed E-state index contributed by atoms with van der Waals surface area (Å²) >= 11 is 5.55. The molecule has 2 amide bonds. The van der Waals surface area contributed by atoms with Gasteiger partial charge in [0.05, 0.1) is 11.6 Å². The van der Waals surface area contributed by atoms with Crippen molar-refractivity contribution in [2.45, 2.75) is 23.6 Å². The Labute approximate surface area is 176 Å². The van der Waals surface area contributed by atoms with Gasteiger partial charge in [-0.2, -0.15) is 5.26 Å². The Morgan fingerprint density at radius 3 is 2.62 bits per heavy atom. The number of nitrogens with one attached hydrogen (secondary N) is 1. The van der Waals surface area contributed by atoms with Gasteiger partial charge in [-0.05, 0) is 49.2 Å². The number of hydrogen-bond donors (Lipinski definition) is 3. The van der Waals surface area contributed by atoms with E-state index in [1.54, 1.807) is 36.4 Å². The number of fused-ring (bicyclic) bond motifs is 1. The second-order valence-electron chi connectivity index (χ2n) is 6.11. The first-order chi connectivity index (χ1) is 14.0. The molecule has 3 aromatic rings. The summed E-state index contributed by atoms with van der Waals surface area (Å²) < 4.78 is 0.583. The largest absolute Gasteiger partial charge is 0.481 e. The molecule has 0 unspecified atom stereocenters. The summed E-state index contributed by atoms with van der Waals surface area (Å²) in [5.74, 6) is -0.431. The molecule has 0 saturated heterocycles. The highest BCUT2D eigenvalue weighted by Gasteiger charge is 2.18.